The number of piperidine rings is 1. The number of nitrogens with one attached hydrogen (secondary N) is 1. The van der Waals surface area contributed by atoms with Crippen LogP contribution < -0.4 is 5.32 Å². The van der Waals surface area contributed by atoms with Crippen LogP contribution in [0.1, 0.15) is 51.9 Å². The molecule has 0 radical (unpaired) electrons. The molecule has 0 bridgehead atoms. The summed E-state index contributed by atoms with van der Waals surface area (Å²) in [6.45, 7) is 6.00. The molecule has 0 unspecified atom stereocenters. The van der Waals surface area contributed by atoms with E-state index < -0.39 is 0 Å². The predicted octanol–water partition coefficient (Wildman–Crippen LogP) is 2.95. The van der Waals surface area contributed by atoms with E-state index in [1.165, 1.54) is 25.7 Å². The van der Waals surface area contributed by atoms with Gasteiger partial charge in [-0.25, -0.2) is 0 Å². The molecule has 0 atom stereocenters. The Balaban J connectivity index is 1.70. The van der Waals surface area contributed by atoms with Gasteiger partial charge in [-0.15, -0.1) is 0 Å². The summed E-state index contributed by atoms with van der Waals surface area (Å²) in [5, 5.41) is 3.53. The van der Waals surface area contributed by atoms with Crippen molar-refractivity contribution in [3.8, 4) is 0 Å². The van der Waals surface area contributed by atoms with Gasteiger partial charge >= 0.3 is 0 Å². The van der Waals surface area contributed by atoms with E-state index in [4.69, 9.17) is 4.74 Å². The topological polar surface area (TPSA) is 36.9 Å². The van der Waals surface area contributed by atoms with Crippen molar-refractivity contribution >= 4 is 5.96 Å². The third kappa shape index (κ3) is 5.34. The summed E-state index contributed by atoms with van der Waals surface area (Å²) in [7, 11) is 1.89. The van der Waals surface area contributed by atoms with Crippen molar-refractivity contribution in [1.82, 2.24) is 10.2 Å². The second-order valence-corrected chi connectivity index (χ2v) is 5.97. The van der Waals surface area contributed by atoms with Crippen LogP contribution in [0.3, 0.4) is 0 Å². The zero-order chi connectivity index (χ0) is 14.9. The van der Waals surface area contributed by atoms with Crippen LogP contribution >= 0.6 is 0 Å². The van der Waals surface area contributed by atoms with Crippen LogP contribution in [0.15, 0.2) is 16.6 Å². The smallest absolute Gasteiger partial charge is 0.193 e. The average molecular weight is 293 g/mol. The molecule has 0 aromatic rings. The number of guanidine groups is 1. The van der Waals surface area contributed by atoms with E-state index in [9.17, 15) is 0 Å². The van der Waals surface area contributed by atoms with Crippen LogP contribution in [0.4, 0.5) is 0 Å². The van der Waals surface area contributed by atoms with Gasteiger partial charge in [0.25, 0.3) is 0 Å². The first-order chi connectivity index (χ1) is 10.3. The predicted molar refractivity (Wildman–Crippen MR) is 88.8 cm³/mol. The Bertz CT molecular complexity index is 357. The minimum Gasteiger partial charge on any atom is -0.378 e. The van der Waals surface area contributed by atoms with E-state index in [0.29, 0.717) is 6.10 Å². The van der Waals surface area contributed by atoms with Crippen LogP contribution in [0, 0.1) is 0 Å². The zero-order valence-corrected chi connectivity index (χ0v) is 13.7. The summed E-state index contributed by atoms with van der Waals surface area (Å²) >= 11 is 0. The highest BCUT2D eigenvalue weighted by molar-refractivity contribution is 5.79. The van der Waals surface area contributed by atoms with Crippen molar-refractivity contribution in [3.05, 3.63) is 11.6 Å². The Morgan fingerprint density at radius 2 is 2.19 bits per heavy atom. The standard InChI is InChI=1S/C17H31N3O/c1-3-21-16-10-13-20(14-11-16)17(18-2)19-12-9-15-7-5-4-6-8-15/h7,16H,3-6,8-14H2,1-2H3,(H,18,19). The summed E-state index contributed by atoms with van der Waals surface area (Å²) in [5.74, 6) is 1.06. The van der Waals surface area contributed by atoms with Crippen molar-refractivity contribution in [3.63, 3.8) is 0 Å². The number of allylic oxidation sites excluding steroid dienone is 1. The van der Waals surface area contributed by atoms with E-state index in [2.05, 4.69) is 28.2 Å². The lowest BCUT2D eigenvalue weighted by Crippen LogP contribution is -2.47. The van der Waals surface area contributed by atoms with E-state index in [0.717, 1.165) is 51.5 Å². The monoisotopic (exact) mass is 293 g/mol. The molecule has 21 heavy (non-hydrogen) atoms. The van der Waals surface area contributed by atoms with E-state index in [1.807, 2.05) is 7.05 Å². The molecule has 1 saturated heterocycles. The minimum absolute atomic E-state index is 0.441. The van der Waals surface area contributed by atoms with Crippen LogP contribution in [0.25, 0.3) is 0 Å². The molecule has 0 amide bonds. The van der Waals surface area contributed by atoms with Gasteiger partial charge in [-0.2, -0.15) is 0 Å². The molecule has 0 spiro atoms. The molecule has 0 aromatic heterocycles. The zero-order valence-electron chi connectivity index (χ0n) is 13.7. The summed E-state index contributed by atoms with van der Waals surface area (Å²) in [4.78, 5) is 6.80. The van der Waals surface area contributed by atoms with E-state index in [-0.39, 0.29) is 0 Å². The normalized spacial score (nSPS) is 21.3. The lowest BCUT2D eigenvalue weighted by atomic mass is 9.97. The Kier molecular flexibility index (Phi) is 7.07. The first kappa shape index (κ1) is 16.3. The number of rotatable bonds is 5. The third-order valence-corrected chi connectivity index (χ3v) is 4.47. The Labute approximate surface area is 129 Å². The maximum Gasteiger partial charge on any atom is 0.193 e. The van der Waals surface area contributed by atoms with Gasteiger partial charge in [0.05, 0.1) is 6.10 Å². The van der Waals surface area contributed by atoms with Crippen molar-refractivity contribution in [2.45, 2.75) is 58.0 Å². The maximum absolute atomic E-state index is 5.71. The fourth-order valence-electron chi connectivity index (χ4n) is 3.27. The van der Waals surface area contributed by atoms with Crippen molar-refractivity contribution in [2.75, 3.05) is 33.3 Å². The number of nitrogens with zero attached hydrogens (tertiary/aromatic N) is 2. The van der Waals surface area contributed by atoms with Crippen LogP contribution in [0.5, 0.6) is 0 Å². The molecule has 0 saturated carbocycles. The first-order valence-electron chi connectivity index (χ1n) is 8.58. The minimum atomic E-state index is 0.441. The van der Waals surface area contributed by atoms with Gasteiger partial charge in [0, 0.05) is 33.3 Å². The maximum atomic E-state index is 5.71. The van der Waals surface area contributed by atoms with Gasteiger partial charge in [-0.1, -0.05) is 11.6 Å². The molecule has 4 nitrogen and oxygen atoms in total. The molecule has 1 aliphatic carbocycles. The van der Waals surface area contributed by atoms with E-state index in [1.54, 1.807) is 5.57 Å². The summed E-state index contributed by atoms with van der Waals surface area (Å²) in [6, 6.07) is 0. The number of hydrogen-bond donors (Lipinski definition) is 1. The molecule has 120 valence electrons. The van der Waals surface area contributed by atoms with Gasteiger partial charge in [-0.3, -0.25) is 4.99 Å². The molecule has 1 N–H and O–H groups in total. The average Bonchev–Trinajstić information content (AvgIpc) is 2.54. The fraction of sp³-hybridized carbons (Fsp3) is 0.824. The van der Waals surface area contributed by atoms with E-state index >= 15 is 0 Å². The number of hydrogen-bond acceptors (Lipinski definition) is 2. The van der Waals surface area contributed by atoms with Crippen LogP contribution in [-0.4, -0.2) is 50.3 Å². The number of aliphatic imine (C=N–C) groups is 1. The SMILES string of the molecule is CCOC1CCN(C(=NC)NCCC2=CCCCC2)CC1. The van der Waals surface area contributed by atoms with Gasteiger partial charge < -0.3 is 15.0 Å². The lowest BCUT2D eigenvalue weighted by molar-refractivity contribution is 0.0264. The van der Waals surface area contributed by atoms with Crippen molar-refractivity contribution in [2.24, 2.45) is 4.99 Å². The van der Waals surface area contributed by atoms with Gasteiger partial charge in [0.15, 0.2) is 5.96 Å². The molecule has 0 aromatic carbocycles. The molecule has 2 rings (SSSR count). The largest absolute Gasteiger partial charge is 0.378 e. The number of likely N-dealkylation sites (tertiary alicyclic amines) is 1. The molecule has 1 heterocycles. The lowest BCUT2D eigenvalue weighted by Gasteiger charge is -2.34. The Morgan fingerprint density at radius 1 is 1.38 bits per heavy atom. The fourth-order valence-corrected chi connectivity index (χ4v) is 3.27. The number of ether oxygens (including phenoxy) is 1. The van der Waals surface area contributed by atoms with Crippen molar-refractivity contribution in [1.29, 1.82) is 0 Å². The van der Waals surface area contributed by atoms with Gasteiger partial charge in [-0.05, 0) is 51.9 Å². The second kappa shape index (κ2) is 9.08. The summed E-state index contributed by atoms with van der Waals surface area (Å²) in [5.41, 5.74) is 1.62. The van der Waals surface area contributed by atoms with Crippen LogP contribution in [0.2, 0.25) is 0 Å². The van der Waals surface area contributed by atoms with Crippen molar-refractivity contribution < 1.29 is 4.74 Å². The molecular formula is C17H31N3O. The van der Waals surface area contributed by atoms with Gasteiger partial charge in [0.2, 0.25) is 0 Å². The highest BCUT2D eigenvalue weighted by Gasteiger charge is 2.21. The first-order valence-corrected chi connectivity index (χ1v) is 8.58. The quantitative estimate of drug-likeness (QED) is 0.481. The third-order valence-electron chi connectivity index (χ3n) is 4.47. The van der Waals surface area contributed by atoms with Gasteiger partial charge in [0.1, 0.15) is 0 Å². The Hall–Kier alpha value is -1.03. The summed E-state index contributed by atoms with van der Waals surface area (Å²) in [6.07, 6.45) is 11.6. The molecule has 1 aliphatic heterocycles. The molecule has 1 fully saturated rings. The molecule has 2 aliphatic rings. The highest BCUT2D eigenvalue weighted by Crippen LogP contribution is 2.19. The summed E-state index contributed by atoms with van der Waals surface area (Å²) < 4.78 is 5.71. The Morgan fingerprint density at radius 3 is 2.81 bits per heavy atom. The highest BCUT2D eigenvalue weighted by atomic mass is 16.5. The molecule has 4 heteroatoms. The van der Waals surface area contributed by atoms with Crippen LogP contribution in [-0.2, 0) is 4.74 Å². The second-order valence-electron chi connectivity index (χ2n) is 5.97. The molecular weight excluding hydrogens is 262 g/mol.